The van der Waals surface area contributed by atoms with Gasteiger partial charge in [-0.1, -0.05) is 11.8 Å². The Balaban J connectivity index is 2.72. The quantitative estimate of drug-likeness (QED) is 0.757. The molecule has 0 spiro atoms. The van der Waals surface area contributed by atoms with E-state index in [-0.39, 0.29) is 24.1 Å². The van der Waals surface area contributed by atoms with E-state index in [1.54, 1.807) is 12.1 Å². The van der Waals surface area contributed by atoms with Crippen molar-refractivity contribution in [2.24, 2.45) is 5.73 Å². The predicted molar refractivity (Wildman–Crippen MR) is 78.7 cm³/mol. The fourth-order valence-corrected chi connectivity index (χ4v) is 2.64. The Kier molecular flexibility index (Phi) is 6.68. The van der Waals surface area contributed by atoms with E-state index in [2.05, 4.69) is 16.6 Å². The van der Waals surface area contributed by atoms with Crippen molar-refractivity contribution in [2.75, 3.05) is 19.7 Å². The van der Waals surface area contributed by atoms with Crippen molar-refractivity contribution in [3.8, 4) is 11.8 Å². The predicted octanol–water partition coefficient (Wildman–Crippen LogP) is 0.700. The maximum Gasteiger partial charge on any atom is 0.240 e. The molecule has 0 aliphatic heterocycles. The van der Waals surface area contributed by atoms with E-state index in [0.717, 1.165) is 5.56 Å². The zero-order chi connectivity index (χ0) is 15.0. The molecule has 5 nitrogen and oxygen atoms in total. The largest absolute Gasteiger partial charge is 0.377 e. The zero-order valence-electron chi connectivity index (χ0n) is 11.7. The van der Waals surface area contributed by atoms with E-state index >= 15 is 0 Å². The van der Waals surface area contributed by atoms with Crippen LogP contribution in [0.4, 0.5) is 0 Å². The van der Waals surface area contributed by atoms with Crippen molar-refractivity contribution in [1.82, 2.24) is 4.72 Å². The number of sulfonamides is 1. The molecule has 0 radical (unpaired) electrons. The van der Waals surface area contributed by atoms with Gasteiger partial charge in [0.15, 0.2) is 0 Å². The van der Waals surface area contributed by atoms with E-state index in [4.69, 9.17) is 10.5 Å². The number of hydrogen-bond donors (Lipinski definition) is 2. The van der Waals surface area contributed by atoms with Gasteiger partial charge in [-0.25, -0.2) is 13.1 Å². The number of nitrogens with one attached hydrogen (secondary N) is 1. The van der Waals surface area contributed by atoms with Crippen LogP contribution in [0.1, 0.15) is 19.4 Å². The van der Waals surface area contributed by atoms with Gasteiger partial charge >= 0.3 is 0 Å². The Morgan fingerprint density at radius 1 is 1.35 bits per heavy atom. The third-order valence-electron chi connectivity index (χ3n) is 2.51. The standard InChI is InChI=1S/C14H20N2O3S/c1-3-19-12(2)11-16-20(17,18)14-8-6-13(7-9-14)5-4-10-15/h6-9,12,16H,3,10-11,15H2,1-2H3. The fraction of sp³-hybridized carbons (Fsp3) is 0.429. The highest BCUT2D eigenvalue weighted by Gasteiger charge is 2.14. The minimum atomic E-state index is -3.51. The average Bonchev–Trinajstić information content (AvgIpc) is 2.44. The second kappa shape index (κ2) is 8.02. The highest BCUT2D eigenvalue weighted by atomic mass is 32.2. The lowest BCUT2D eigenvalue weighted by Crippen LogP contribution is -2.32. The monoisotopic (exact) mass is 296 g/mol. The van der Waals surface area contributed by atoms with Crippen molar-refractivity contribution in [1.29, 1.82) is 0 Å². The molecule has 1 unspecified atom stereocenters. The molecular weight excluding hydrogens is 276 g/mol. The summed E-state index contributed by atoms with van der Waals surface area (Å²) < 4.78 is 31.9. The van der Waals surface area contributed by atoms with Gasteiger partial charge in [-0.3, -0.25) is 0 Å². The minimum Gasteiger partial charge on any atom is -0.377 e. The molecule has 1 aromatic carbocycles. The number of nitrogens with two attached hydrogens (primary N) is 1. The Bertz CT molecular complexity index is 571. The van der Waals surface area contributed by atoms with E-state index in [0.29, 0.717) is 6.61 Å². The topological polar surface area (TPSA) is 81.4 Å². The molecule has 0 aliphatic rings. The molecule has 0 aliphatic carbocycles. The summed E-state index contributed by atoms with van der Waals surface area (Å²) >= 11 is 0. The van der Waals surface area contributed by atoms with Crippen LogP contribution >= 0.6 is 0 Å². The first-order valence-electron chi connectivity index (χ1n) is 6.40. The molecule has 0 fully saturated rings. The first kappa shape index (κ1) is 16.7. The molecule has 1 aromatic rings. The van der Waals surface area contributed by atoms with Crippen LogP contribution in [-0.2, 0) is 14.8 Å². The smallest absolute Gasteiger partial charge is 0.240 e. The van der Waals surface area contributed by atoms with Crippen LogP contribution in [0.3, 0.4) is 0 Å². The van der Waals surface area contributed by atoms with Crippen molar-refractivity contribution in [2.45, 2.75) is 24.8 Å². The van der Waals surface area contributed by atoms with Crippen LogP contribution < -0.4 is 10.5 Å². The first-order valence-corrected chi connectivity index (χ1v) is 7.88. The first-order chi connectivity index (χ1) is 9.49. The molecule has 1 rings (SSSR count). The maximum absolute atomic E-state index is 12.0. The highest BCUT2D eigenvalue weighted by Crippen LogP contribution is 2.10. The van der Waals surface area contributed by atoms with Gasteiger partial charge in [0.1, 0.15) is 0 Å². The van der Waals surface area contributed by atoms with Gasteiger partial charge in [-0.15, -0.1) is 0 Å². The van der Waals surface area contributed by atoms with E-state index in [1.165, 1.54) is 12.1 Å². The minimum absolute atomic E-state index is 0.163. The molecule has 0 saturated heterocycles. The van der Waals surface area contributed by atoms with Crippen LogP contribution in [0.25, 0.3) is 0 Å². The van der Waals surface area contributed by atoms with Gasteiger partial charge in [0.25, 0.3) is 0 Å². The second-order valence-corrected chi connectivity index (χ2v) is 5.92. The van der Waals surface area contributed by atoms with Crippen molar-refractivity contribution in [3.05, 3.63) is 29.8 Å². The molecule has 0 aromatic heterocycles. The summed E-state index contributed by atoms with van der Waals surface area (Å²) in [6.45, 7) is 4.75. The van der Waals surface area contributed by atoms with Gasteiger partial charge < -0.3 is 10.5 Å². The molecule has 110 valence electrons. The molecule has 6 heteroatoms. The van der Waals surface area contributed by atoms with Gasteiger partial charge in [-0.2, -0.15) is 0 Å². The lowest BCUT2D eigenvalue weighted by Gasteiger charge is -2.12. The average molecular weight is 296 g/mol. The number of rotatable bonds is 6. The summed E-state index contributed by atoms with van der Waals surface area (Å²) in [5.41, 5.74) is 6.01. The SMILES string of the molecule is CCOC(C)CNS(=O)(=O)c1ccc(C#CCN)cc1. The number of ether oxygens (including phenoxy) is 1. The van der Waals surface area contributed by atoms with E-state index in [1.807, 2.05) is 13.8 Å². The highest BCUT2D eigenvalue weighted by molar-refractivity contribution is 7.89. The van der Waals surface area contributed by atoms with E-state index in [9.17, 15) is 8.42 Å². The molecular formula is C14H20N2O3S. The molecule has 3 N–H and O–H groups in total. The van der Waals surface area contributed by atoms with Crippen LogP contribution in [0.15, 0.2) is 29.2 Å². The van der Waals surface area contributed by atoms with Crippen LogP contribution in [0, 0.1) is 11.8 Å². The van der Waals surface area contributed by atoms with Gasteiger partial charge in [0.2, 0.25) is 10.0 Å². The summed E-state index contributed by atoms with van der Waals surface area (Å²) in [7, 11) is -3.51. The second-order valence-electron chi connectivity index (χ2n) is 4.15. The zero-order valence-corrected chi connectivity index (χ0v) is 12.5. The Labute approximate surface area is 120 Å². The van der Waals surface area contributed by atoms with Crippen molar-refractivity contribution < 1.29 is 13.2 Å². The lowest BCUT2D eigenvalue weighted by molar-refractivity contribution is 0.0799. The van der Waals surface area contributed by atoms with Crippen LogP contribution in [0.5, 0.6) is 0 Å². The summed E-state index contributed by atoms with van der Waals surface area (Å²) in [5.74, 6) is 5.55. The van der Waals surface area contributed by atoms with Crippen LogP contribution in [0.2, 0.25) is 0 Å². The Morgan fingerprint density at radius 3 is 2.55 bits per heavy atom. The molecule has 0 heterocycles. The van der Waals surface area contributed by atoms with Crippen LogP contribution in [-0.4, -0.2) is 34.2 Å². The summed E-state index contributed by atoms with van der Waals surface area (Å²) in [6, 6.07) is 6.36. The summed E-state index contributed by atoms with van der Waals surface area (Å²) in [6.07, 6.45) is -0.163. The van der Waals surface area contributed by atoms with E-state index < -0.39 is 10.0 Å². The van der Waals surface area contributed by atoms with Gasteiger partial charge in [-0.05, 0) is 38.1 Å². The summed E-state index contributed by atoms with van der Waals surface area (Å²) in [5, 5.41) is 0. The Morgan fingerprint density at radius 2 is 2.00 bits per heavy atom. The Hall–Kier alpha value is -1.39. The number of benzene rings is 1. The normalized spacial score (nSPS) is 12.6. The molecule has 0 bridgehead atoms. The third-order valence-corrected chi connectivity index (χ3v) is 3.95. The molecule has 1 atom stereocenters. The molecule has 0 amide bonds. The van der Waals surface area contributed by atoms with Crippen molar-refractivity contribution in [3.63, 3.8) is 0 Å². The maximum atomic E-state index is 12.0. The van der Waals surface area contributed by atoms with Gasteiger partial charge in [0.05, 0.1) is 17.5 Å². The van der Waals surface area contributed by atoms with Crippen molar-refractivity contribution >= 4 is 10.0 Å². The lowest BCUT2D eigenvalue weighted by atomic mass is 10.2. The van der Waals surface area contributed by atoms with Gasteiger partial charge in [0, 0.05) is 18.7 Å². The summed E-state index contributed by atoms with van der Waals surface area (Å²) in [4.78, 5) is 0.208. The number of hydrogen-bond acceptors (Lipinski definition) is 4. The third kappa shape index (κ3) is 5.31. The molecule has 20 heavy (non-hydrogen) atoms. The molecule has 0 saturated carbocycles. The fourth-order valence-electron chi connectivity index (χ4n) is 1.52.